The molecule has 0 heterocycles. The molecule has 0 fully saturated rings. The quantitative estimate of drug-likeness (QED) is 0.437. The van der Waals surface area contributed by atoms with Gasteiger partial charge in [-0.05, 0) is 34.7 Å². The molecule has 0 aliphatic rings. The zero-order valence-electron chi connectivity index (χ0n) is 5.26. The molecule has 0 aliphatic carbocycles. The molecule has 0 saturated heterocycles. The molecular formula is C6H8BIO2. The van der Waals surface area contributed by atoms with Gasteiger partial charge in [-0.3, -0.25) is 0 Å². The van der Waals surface area contributed by atoms with E-state index in [9.17, 15) is 0 Å². The Kier molecular flexibility index (Phi) is 7.18. The second-order valence-corrected chi connectivity index (χ2v) is 2.80. The Bertz CT molecular complexity index is 155. The molecule has 0 saturated carbocycles. The highest BCUT2D eigenvalue weighted by molar-refractivity contribution is 14.1. The number of benzene rings is 1. The summed E-state index contributed by atoms with van der Waals surface area (Å²) in [6.45, 7) is 0. The molecule has 0 aliphatic heterocycles. The summed E-state index contributed by atoms with van der Waals surface area (Å²) in [5.74, 6) is 0. The molecule has 0 aromatic heterocycles. The van der Waals surface area contributed by atoms with Crippen molar-refractivity contribution in [1.82, 2.24) is 0 Å². The maximum Gasteiger partial charge on any atom is 0.113 e. The number of hydrogen-bond donors (Lipinski definition) is 0. The molecular weight excluding hydrogens is 242 g/mol. The van der Waals surface area contributed by atoms with Gasteiger partial charge in [0.25, 0.3) is 0 Å². The third-order valence-electron chi connectivity index (χ3n) is 0.870. The van der Waals surface area contributed by atoms with Crippen LogP contribution in [0.3, 0.4) is 0 Å². The van der Waals surface area contributed by atoms with Crippen LogP contribution in [0, 0.1) is 3.57 Å². The van der Waals surface area contributed by atoms with Gasteiger partial charge in [-0.25, -0.2) is 0 Å². The third kappa shape index (κ3) is 3.87. The van der Waals surface area contributed by atoms with Crippen molar-refractivity contribution < 1.29 is 11.0 Å². The number of halogens is 1. The lowest BCUT2D eigenvalue weighted by Gasteiger charge is -1.88. The van der Waals surface area contributed by atoms with Crippen LogP contribution in [-0.4, -0.2) is 18.8 Å². The van der Waals surface area contributed by atoms with Crippen molar-refractivity contribution in [2.75, 3.05) is 0 Å². The summed E-state index contributed by atoms with van der Waals surface area (Å²) in [5, 5.41) is 0. The number of hydrogen-bond acceptors (Lipinski definition) is 0. The van der Waals surface area contributed by atoms with Crippen LogP contribution in [0.15, 0.2) is 24.3 Å². The average Bonchev–Trinajstić information content (AvgIpc) is 1.77. The summed E-state index contributed by atoms with van der Waals surface area (Å²) in [4.78, 5) is 0. The summed E-state index contributed by atoms with van der Waals surface area (Å²) >= 11 is 2.24. The summed E-state index contributed by atoms with van der Waals surface area (Å²) in [6.07, 6.45) is 0. The highest BCUT2D eigenvalue weighted by atomic mass is 127. The van der Waals surface area contributed by atoms with Crippen LogP contribution in [-0.2, 0) is 0 Å². The van der Waals surface area contributed by atoms with E-state index in [-0.39, 0.29) is 11.0 Å². The molecule has 2 radical (unpaired) electrons. The maximum atomic E-state index is 5.42. The van der Waals surface area contributed by atoms with Gasteiger partial charge in [0.15, 0.2) is 0 Å². The van der Waals surface area contributed by atoms with Crippen molar-refractivity contribution in [3.05, 3.63) is 27.8 Å². The van der Waals surface area contributed by atoms with E-state index in [4.69, 9.17) is 7.85 Å². The lowest BCUT2D eigenvalue weighted by molar-refractivity contribution is 0.823. The molecule has 1 aromatic rings. The maximum absolute atomic E-state index is 5.42. The SMILES string of the molecule is O.O.[B]c1ccc(I)cc1. The van der Waals surface area contributed by atoms with Crippen LogP contribution in [0.1, 0.15) is 0 Å². The Morgan fingerprint density at radius 1 is 1.00 bits per heavy atom. The van der Waals surface area contributed by atoms with Gasteiger partial charge in [0.2, 0.25) is 0 Å². The minimum atomic E-state index is 0. The van der Waals surface area contributed by atoms with Crippen LogP contribution < -0.4 is 5.46 Å². The Labute approximate surface area is 74.8 Å². The Morgan fingerprint density at radius 3 is 1.70 bits per heavy atom. The highest BCUT2D eigenvalue weighted by Gasteiger charge is 1.81. The first-order valence-corrected chi connectivity index (χ1v) is 3.38. The Morgan fingerprint density at radius 2 is 1.40 bits per heavy atom. The second kappa shape index (κ2) is 5.70. The first-order valence-electron chi connectivity index (χ1n) is 2.30. The molecule has 2 nitrogen and oxygen atoms in total. The molecule has 0 spiro atoms. The minimum absolute atomic E-state index is 0. The van der Waals surface area contributed by atoms with Crippen LogP contribution in [0.5, 0.6) is 0 Å². The molecule has 10 heavy (non-hydrogen) atoms. The van der Waals surface area contributed by atoms with Crippen molar-refractivity contribution in [3.8, 4) is 0 Å². The summed E-state index contributed by atoms with van der Waals surface area (Å²) in [6, 6.07) is 7.75. The third-order valence-corrected chi connectivity index (χ3v) is 1.59. The Hall–Kier alpha value is -0.0651. The molecule has 4 N–H and O–H groups in total. The van der Waals surface area contributed by atoms with E-state index in [0.29, 0.717) is 0 Å². The summed E-state index contributed by atoms with van der Waals surface area (Å²) in [7, 11) is 5.42. The van der Waals surface area contributed by atoms with Crippen molar-refractivity contribution >= 4 is 35.9 Å². The van der Waals surface area contributed by atoms with E-state index in [1.807, 2.05) is 24.3 Å². The van der Waals surface area contributed by atoms with E-state index in [1.165, 1.54) is 3.57 Å². The van der Waals surface area contributed by atoms with Crippen LogP contribution in [0.2, 0.25) is 0 Å². The van der Waals surface area contributed by atoms with Gasteiger partial charge < -0.3 is 11.0 Å². The molecule has 0 atom stereocenters. The van der Waals surface area contributed by atoms with Crippen molar-refractivity contribution in [2.24, 2.45) is 0 Å². The average molecular weight is 250 g/mol. The topological polar surface area (TPSA) is 63.0 Å². The van der Waals surface area contributed by atoms with E-state index < -0.39 is 0 Å². The first-order chi connectivity index (χ1) is 3.79. The van der Waals surface area contributed by atoms with Gasteiger partial charge in [0, 0.05) is 3.57 Å². The van der Waals surface area contributed by atoms with Crippen LogP contribution in [0.4, 0.5) is 0 Å². The molecule has 0 bridgehead atoms. The summed E-state index contributed by atoms with van der Waals surface area (Å²) < 4.78 is 1.22. The standard InChI is InChI=1S/C6H4BI.2H2O/c7-5-1-3-6(8)4-2-5;;/h1-4H;2*1H2. The number of rotatable bonds is 0. The van der Waals surface area contributed by atoms with E-state index >= 15 is 0 Å². The monoisotopic (exact) mass is 250 g/mol. The van der Waals surface area contributed by atoms with Gasteiger partial charge in [0.1, 0.15) is 7.85 Å². The van der Waals surface area contributed by atoms with E-state index in [0.717, 1.165) is 5.46 Å². The molecule has 1 aromatic carbocycles. The smallest absolute Gasteiger partial charge is 0.113 e. The first kappa shape index (κ1) is 12.6. The lowest BCUT2D eigenvalue weighted by atomic mass is 9.97. The Balaban J connectivity index is 0. The predicted molar refractivity (Wildman–Crippen MR) is 51.8 cm³/mol. The fourth-order valence-electron chi connectivity index (χ4n) is 0.463. The zero-order valence-corrected chi connectivity index (χ0v) is 7.42. The van der Waals surface area contributed by atoms with Crippen LogP contribution in [0.25, 0.3) is 0 Å². The predicted octanol–water partition coefficient (Wildman–Crippen LogP) is -0.564. The van der Waals surface area contributed by atoms with Crippen molar-refractivity contribution in [3.63, 3.8) is 0 Å². The van der Waals surface area contributed by atoms with E-state index in [2.05, 4.69) is 22.6 Å². The van der Waals surface area contributed by atoms with Crippen molar-refractivity contribution in [1.29, 1.82) is 0 Å². The van der Waals surface area contributed by atoms with Gasteiger partial charge in [-0.1, -0.05) is 17.6 Å². The van der Waals surface area contributed by atoms with Gasteiger partial charge in [0.05, 0.1) is 0 Å². The zero-order chi connectivity index (χ0) is 5.98. The second-order valence-electron chi connectivity index (χ2n) is 1.55. The molecule has 0 amide bonds. The highest BCUT2D eigenvalue weighted by Crippen LogP contribution is 1.98. The van der Waals surface area contributed by atoms with Gasteiger partial charge in [-0.15, -0.1) is 0 Å². The van der Waals surface area contributed by atoms with Gasteiger partial charge >= 0.3 is 0 Å². The summed E-state index contributed by atoms with van der Waals surface area (Å²) in [5.41, 5.74) is 0.824. The van der Waals surface area contributed by atoms with Crippen molar-refractivity contribution in [2.45, 2.75) is 0 Å². The van der Waals surface area contributed by atoms with E-state index in [1.54, 1.807) is 0 Å². The molecule has 54 valence electrons. The normalized spacial score (nSPS) is 7.30. The molecule has 4 heteroatoms. The fourth-order valence-corrected chi connectivity index (χ4v) is 0.822. The van der Waals surface area contributed by atoms with Crippen LogP contribution >= 0.6 is 22.6 Å². The fraction of sp³-hybridized carbons (Fsp3) is 0. The molecule has 0 unspecified atom stereocenters. The molecule has 1 rings (SSSR count). The minimum Gasteiger partial charge on any atom is -0.412 e. The van der Waals surface area contributed by atoms with Gasteiger partial charge in [-0.2, -0.15) is 0 Å². The lowest BCUT2D eigenvalue weighted by Crippen LogP contribution is -1.98. The largest absolute Gasteiger partial charge is 0.412 e.